The molecule has 2 aliphatic rings. The number of hydrogen-bond donors (Lipinski definition) is 0. The average Bonchev–Trinajstić information content (AvgIpc) is 2.30. The van der Waals surface area contributed by atoms with Crippen LogP contribution in [0.15, 0.2) is 0 Å². The molecule has 1 atom stereocenters. The van der Waals surface area contributed by atoms with Crippen molar-refractivity contribution in [3.05, 3.63) is 0 Å². The molecule has 0 aliphatic heterocycles. The smallest absolute Gasteiger partial charge is 0.317 e. The zero-order chi connectivity index (χ0) is 12.3. The molecule has 3 heteroatoms. The summed E-state index contributed by atoms with van der Waals surface area (Å²) in [5, 5.41) is 0. The normalized spacial score (nSPS) is 28.1. The third kappa shape index (κ3) is 2.38. The Bertz CT molecular complexity index is 297. The topological polar surface area (TPSA) is 43.4 Å². The van der Waals surface area contributed by atoms with Crippen LogP contribution >= 0.6 is 0 Å². The molecule has 0 heterocycles. The first-order valence-electron chi connectivity index (χ1n) is 6.89. The first-order valence-corrected chi connectivity index (χ1v) is 6.89. The average molecular weight is 238 g/mol. The highest BCUT2D eigenvalue weighted by Crippen LogP contribution is 2.50. The quantitative estimate of drug-likeness (QED) is 0.549. The largest absolute Gasteiger partial charge is 0.465 e. The van der Waals surface area contributed by atoms with Gasteiger partial charge in [0.05, 0.1) is 6.61 Å². The monoisotopic (exact) mass is 238 g/mol. The van der Waals surface area contributed by atoms with E-state index in [4.69, 9.17) is 4.74 Å². The van der Waals surface area contributed by atoms with Crippen molar-refractivity contribution in [2.24, 2.45) is 11.3 Å². The fourth-order valence-electron chi connectivity index (χ4n) is 3.65. The summed E-state index contributed by atoms with van der Waals surface area (Å²) in [7, 11) is 0. The summed E-state index contributed by atoms with van der Waals surface area (Å²) in [5.74, 6) is -0.604. The lowest BCUT2D eigenvalue weighted by Crippen LogP contribution is -2.46. The standard InChI is InChI=1S/C14H22O3/c1-2-17-13(16)12-11(15)7-6-10-14(12)8-4-3-5-9-14/h12H,2-10H2,1H3. The molecule has 3 nitrogen and oxygen atoms in total. The SMILES string of the molecule is CCOC(=O)C1C(=O)CCCC12CCCCC2. The molecule has 2 saturated carbocycles. The molecule has 0 bridgehead atoms. The summed E-state index contributed by atoms with van der Waals surface area (Å²) < 4.78 is 5.12. The van der Waals surface area contributed by atoms with E-state index >= 15 is 0 Å². The number of carbonyl (C=O) groups excluding carboxylic acids is 2. The van der Waals surface area contributed by atoms with Crippen molar-refractivity contribution < 1.29 is 14.3 Å². The summed E-state index contributed by atoms with van der Waals surface area (Å²) >= 11 is 0. The molecule has 1 unspecified atom stereocenters. The Morgan fingerprint density at radius 2 is 1.88 bits per heavy atom. The Morgan fingerprint density at radius 3 is 2.53 bits per heavy atom. The molecule has 0 saturated heterocycles. The van der Waals surface area contributed by atoms with Gasteiger partial charge in [0.25, 0.3) is 0 Å². The van der Waals surface area contributed by atoms with E-state index in [1.165, 1.54) is 6.42 Å². The van der Waals surface area contributed by atoms with Gasteiger partial charge in [0.15, 0.2) is 0 Å². The van der Waals surface area contributed by atoms with E-state index < -0.39 is 5.92 Å². The number of Topliss-reactive ketones (excluding diaryl/α,β-unsaturated/α-hetero) is 1. The second kappa shape index (κ2) is 5.19. The van der Waals surface area contributed by atoms with Crippen molar-refractivity contribution in [2.75, 3.05) is 6.61 Å². The molecule has 0 N–H and O–H groups in total. The number of hydrogen-bond acceptors (Lipinski definition) is 3. The van der Waals surface area contributed by atoms with Gasteiger partial charge in [0, 0.05) is 6.42 Å². The van der Waals surface area contributed by atoms with Gasteiger partial charge in [-0.05, 0) is 38.0 Å². The van der Waals surface area contributed by atoms with E-state index in [0.717, 1.165) is 38.5 Å². The number of carbonyl (C=O) groups is 2. The predicted octanol–water partition coefficient (Wildman–Crippen LogP) is 2.87. The van der Waals surface area contributed by atoms with E-state index in [0.29, 0.717) is 13.0 Å². The van der Waals surface area contributed by atoms with Crippen molar-refractivity contribution in [1.29, 1.82) is 0 Å². The number of ether oxygens (including phenoxy) is 1. The van der Waals surface area contributed by atoms with Crippen LogP contribution in [0.5, 0.6) is 0 Å². The lowest BCUT2D eigenvalue weighted by Gasteiger charge is -2.44. The highest BCUT2D eigenvalue weighted by Gasteiger charge is 2.49. The van der Waals surface area contributed by atoms with E-state index in [2.05, 4.69) is 0 Å². The minimum absolute atomic E-state index is 0.0557. The molecule has 2 fully saturated rings. The maximum Gasteiger partial charge on any atom is 0.317 e. The summed E-state index contributed by atoms with van der Waals surface area (Å²) in [6.07, 6.45) is 8.16. The predicted molar refractivity (Wildman–Crippen MR) is 64.5 cm³/mol. The molecule has 0 aromatic rings. The van der Waals surface area contributed by atoms with Crippen LogP contribution in [0.25, 0.3) is 0 Å². The number of ketones is 1. The minimum Gasteiger partial charge on any atom is -0.465 e. The first kappa shape index (κ1) is 12.6. The summed E-state index contributed by atoms with van der Waals surface area (Å²) in [4.78, 5) is 24.1. The second-order valence-corrected chi connectivity index (χ2v) is 5.43. The van der Waals surface area contributed by atoms with E-state index in [1.807, 2.05) is 0 Å². The molecule has 96 valence electrons. The van der Waals surface area contributed by atoms with Gasteiger partial charge in [0.2, 0.25) is 0 Å². The van der Waals surface area contributed by atoms with Crippen LogP contribution in [0.4, 0.5) is 0 Å². The van der Waals surface area contributed by atoms with Crippen LogP contribution in [0.1, 0.15) is 58.3 Å². The Hall–Kier alpha value is -0.860. The van der Waals surface area contributed by atoms with Crippen LogP contribution in [0.3, 0.4) is 0 Å². The van der Waals surface area contributed by atoms with Crippen molar-refractivity contribution in [2.45, 2.75) is 58.3 Å². The van der Waals surface area contributed by atoms with Crippen LogP contribution < -0.4 is 0 Å². The van der Waals surface area contributed by atoms with Crippen molar-refractivity contribution in [3.8, 4) is 0 Å². The fourth-order valence-corrected chi connectivity index (χ4v) is 3.65. The van der Waals surface area contributed by atoms with Crippen LogP contribution in [-0.4, -0.2) is 18.4 Å². The van der Waals surface area contributed by atoms with E-state index in [9.17, 15) is 9.59 Å². The minimum atomic E-state index is -0.462. The van der Waals surface area contributed by atoms with Gasteiger partial charge in [0.1, 0.15) is 11.7 Å². The maximum absolute atomic E-state index is 12.1. The Balaban J connectivity index is 2.20. The van der Waals surface area contributed by atoms with Crippen LogP contribution in [0, 0.1) is 11.3 Å². The molecule has 0 amide bonds. The second-order valence-electron chi connectivity index (χ2n) is 5.43. The van der Waals surface area contributed by atoms with Gasteiger partial charge in [-0.2, -0.15) is 0 Å². The summed E-state index contributed by atoms with van der Waals surface area (Å²) in [5.41, 5.74) is -0.0557. The molecule has 2 rings (SSSR count). The molecule has 0 aromatic carbocycles. The lowest BCUT2D eigenvalue weighted by atomic mass is 9.59. The summed E-state index contributed by atoms with van der Waals surface area (Å²) in [6, 6.07) is 0. The third-order valence-corrected chi connectivity index (χ3v) is 4.40. The van der Waals surface area contributed by atoms with Gasteiger partial charge in [-0.15, -0.1) is 0 Å². The Labute approximate surface area is 103 Å². The zero-order valence-electron chi connectivity index (χ0n) is 10.7. The van der Waals surface area contributed by atoms with Crippen molar-refractivity contribution in [3.63, 3.8) is 0 Å². The van der Waals surface area contributed by atoms with Crippen molar-refractivity contribution >= 4 is 11.8 Å². The van der Waals surface area contributed by atoms with Crippen LogP contribution in [0.2, 0.25) is 0 Å². The first-order chi connectivity index (χ1) is 8.19. The van der Waals surface area contributed by atoms with Gasteiger partial charge in [-0.3, -0.25) is 9.59 Å². The maximum atomic E-state index is 12.1. The Kier molecular flexibility index (Phi) is 3.85. The molecule has 17 heavy (non-hydrogen) atoms. The Morgan fingerprint density at radius 1 is 1.24 bits per heavy atom. The number of esters is 1. The molecular weight excluding hydrogens is 216 g/mol. The fraction of sp³-hybridized carbons (Fsp3) is 0.857. The molecule has 0 aromatic heterocycles. The lowest BCUT2D eigenvalue weighted by molar-refractivity contribution is -0.161. The number of rotatable bonds is 2. The summed E-state index contributed by atoms with van der Waals surface area (Å²) in [6.45, 7) is 2.18. The van der Waals surface area contributed by atoms with Gasteiger partial charge >= 0.3 is 5.97 Å². The molecule has 0 radical (unpaired) electrons. The van der Waals surface area contributed by atoms with Gasteiger partial charge < -0.3 is 4.74 Å². The van der Waals surface area contributed by atoms with Crippen LogP contribution in [-0.2, 0) is 14.3 Å². The van der Waals surface area contributed by atoms with E-state index in [1.54, 1.807) is 6.92 Å². The highest BCUT2D eigenvalue weighted by atomic mass is 16.5. The van der Waals surface area contributed by atoms with E-state index in [-0.39, 0.29) is 17.2 Å². The third-order valence-electron chi connectivity index (χ3n) is 4.40. The van der Waals surface area contributed by atoms with Crippen molar-refractivity contribution in [1.82, 2.24) is 0 Å². The van der Waals surface area contributed by atoms with Gasteiger partial charge in [-0.25, -0.2) is 0 Å². The molecule has 1 spiro atoms. The molecule has 2 aliphatic carbocycles. The zero-order valence-corrected chi connectivity index (χ0v) is 10.7. The molecular formula is C14H22O3. The highest BCUT2D eigenvalue weighted by molar-refractivity contribution is 6.00. The van der Waals surface area contributed by atoms with Gasteiger partial charge in [-0.1, -0.05) is 19.3 Å².